The predicted octanol–water partition coefficient (Wildman–Crippen LogP) is 2.98. The van der Waals surface area contributed by atoms with Crippen LogP contribution >= 0.6 is 0 Å². The maximum absolute atomic E-state index is 10.3. The Hall–Kier alpha value is -1.50. The summed E-state index contributed by atoms with van der Waals surface area (Å²) in [6.45, 7) is 23.8. The van der Waals surface area contributed by atoms with E-state index in [9.17, 15) is 4.79 Å². The molecule has 1 rings (SSSR count). The molecular weight excluding hydrogens is 328 g/mol. The Morgan fingerprint density at radius 2 is 1.50 bits per heavy atom. The minimum atomic E-state index is 0. The van der Waals surface area contributed by atoms with Crippen molar-refractivity contribution >= 4 is 6.29 Å². The Balaban J connectivity index is -0.0000000932. The first kappa shape index (κ1) is 32.4. The van der Waals surface area contributed by atoms with Crippen LogP contribution in [0.3, 0.4) is 0 Å². The fraction of sp³-hybridized carbons (Fsp3) is 0.375. The molecule has 1 aliphatic rings. The van der Waals surface area contributed by atoms with Gasteiger partial charge in [0.05, 0.1) is 0 Å². The minimum Gasteiger partial charge on any atom is -0.541 e. The molecule has 5 nitrogen and oxygen atoms in total. The van der Waals surface area contributed by atoms with Crippen molar-refractivity contribution in [3.63, 3.8) is 0 Å². The van der Waals surface area contributed by atoms with E-state index < -0.39 is 0 Å². The largest absolute Gasteiger partial charge is 2.00 e. The van der Waals surface area contributed by atoms with E-state index in [-0.39, 0.29) is 17.1 Å². The molecule has 1 aliphatic carbocycles. The fourth-order valence-electron chi connectivity index (χ4n) is 1.79. The molecule has 0 radical (unpaired) electrons. The van der Waals surface area contributed by atoms with E-state index in [4.69, 9.17) is 18.6 Å². The van der Waals surface area contributed by atoms with Crippen LogP contribution in [0.4, 0.5) is 0 Å². The Bertz CT molecular complexity index is 376. The number of carbonyl (C=O) groups excluding carboxylic acids is 1. The Labute approximate surface area is 142 Å². The van der Waals surface area contributed by atoms with Crippen LogP contribution in [-0.4, -0.2) is 6.29 Å². The molecule has 22 heavy (non-hydrogen) atoms. The van der Waals surface area contributed by atoms with Crippen molar-refractivity contribution in [3.05, 3.63) is 56.3 Å². The van der Waals surface area contributed by atoms with E-state index in [2.05, 4.69) is 40.4 Å². The molecule has 0 aromatic heterocycles. The minimum absolute atomic E-state index is 0. The van der Waals surface area contributed by atoms with Crippen molar-refractivity contribution in [2.24, 2.45) is 0 Å². The molecule has 0 fully saturated rings. The van der Waals surface area contributed by atoms with Crippen LogP contribution in [0, 0.1) is 33.5 Å². The summed E-state index contributed by atoms with van der Waals surface area (Å²) < 4.78 is 30.0. The van der Waals surface area contributed by atoms with Crippen LogP contribution in [0.25, 0.3) is 0 Å². The molecule has 0 aromatic rings. The van der Waals surface area contributed by atoms with E-state index >= 15 is 0 Å². The number of rotatable bonds is 4. The van der Waals surface area contributed by atoms with E-state index in [0.29, 0.717) is 6.42 Å². The molecule has 6 heteroatoms. The monoisotopic (exact) mass is 344 g/mol. The standard InChI is InChI=1S/C12H16O.4CO.Fe/c1-3-10(2)9-12-6-4-5-11(12)7-8-13;4*1-2;/h3H,1,4-7,9H2,2H3;;;;;/q-2;;;;;+2. The second-order valence-corrected chi connectivity index (χ2v) is 3.61. The quantitative estimate of drug-likeness (QED) is 0.333. The third-order valence-electron chi connectivity index (χ3n) is 2.58. The summed E-state index contributed by atoms with van der Waals surface area (Å²) in [5.74, 6) is 0. The smallest absolute Gasteiger partial charge is 0.541 e. The Morgan fingerprint density at radius 1 is 1.09 bits per heavy atom. The molecule has 0 heterocycles. The van der Waals surface area contributed by atoms with Crippen LogP contribution in [-0.2, 0) is 40.5 Å². The Morgan fingerprint density at radius 3 is 1.86 bits per heavy atom. The van der Waals surface area contributed by atoms with E-state index in [1.807, 2.05) is 12.4 Å². The van der Waals surface area contributed by atoms with Gasteiger partial charge >= 0.3 is 62.3 Å². The van der Waals surface area contributed by atoms with Gasteiger partial charge in [0, 0.05) is 0 Å². The summed E-state index contributed by atoms with van der Waals surface area (Å²) in [7, 11) is 0. The van der Waals surface area contributed by atoms with Gasteiger partial charge in [0.25, 0.3) is 0 Å². The normalized spacial score (nSPS) is 11.0. The molecule has 0 saturated heterocycles. The number of hydrogen-bond donors (Lipinski definition) is 0. The third kappa shape index (κ3) is 18.5. The molecule has 0 aliphatic heterocycles. The summed E-state index contributed by atoms with van der Waals surface area (Å²) in [4.78, 5) is 10.3. The number of allylic oxidation sites excluding steroid dienone is 4. The zero-order valence-electron chi connectivity index (χ0n) is 12.2. The van der Waals surface area contributed by atoms with Gasteiger partial charge in [-0.3, -0.25) is 6.29 Å². The second kappa shape index (κ2) is 31.7. The Kier molecular flexibility index (Phi) is 46.8. The van der Waals surface area contributed by atoms with Crippen molar-refractivity contribution in [2.45, 2.75) is 39.0 Å². The van der Waals surface area contributed by atoms with Crippen LogP contribution in [0.5, 0.6) is 0 Å². The van der Waals surface area contributed by atoms with Gasteiger partial charge in [0.1, 0.15) is 0 Å². The maximum Gasteiger partial charge on any atom is 2.00 e. The van der Waals surface area contributed by atoms with E-state index in [1.54, 1.807) is 0 Å². The van der Waals surface area contributed by atoms with Crippen LogP contribution in [0.15, 0.2) is 22.8 Å². The van der Waals surface area contributed by atoms with Gasteiger partial charge in [0.2, 0.25) is 0 Å². The van der Waals surface area contributed by atoms with Gasteiger partial charge in [-0.1, -0.05) is 17.6 Å². The molecule has 0 N–H and O–H groups in total. The summed E-state index contributed by atoms with van der Waals surface area (Å²) in [6, 6.07) is 0. The van der Waals surface area contributed by atoms with Gasteiger partial charge in [-0.05, 0) is 19.3 Å². The fourth-order valence-corrected chi connectivity index (χ4v) is 1.79. The summed E-state index contributed by atoms with van der Waals surface area (Å²) in [5, 5.41) is 0. The van der Waals surface area contributed by atoms with Crippen LogP contribution < -0.4 is 0 Å². The van der Waals surface area contributed by atoms with Gasteiger partial charge in [-0.2, -0.15) is 0 Å². The van der Waals surface area contributed by atoms with Gasteiger partial charge in [-0.15, -0.1) is 13.3 Å². The molecule has 0 bridgehead atoms. The van der Waals surface area contributed by atoms with Crippen molar-refractivity contribution in [1.82, 2.24) is 0 Å². The predicted molar refractivity (Wildman–Crippen MR) is 70.6 cm³/mol. The van der Waals surface area contributed by atoms with Crippen molar-refractivity contribution < 1.29 is 40.5 Å². The average Bonchev–Trinajstić information content (AvgIpc) is 3.02. The van der Waals surface area contributed by atoms with Crippen molar-refractivity contribution in [3.8, 4) is 0 Å². The molecule has 0 aromatic carbocycles. The first-order valence-corrected chi connectivity index (χ1v) is 5.59. The van der Waals surface area contributed by atoms with Crippen LogP contribution in [0.1, 0.15) is 39.0 Å². The molecule has 118 valence electrons. The molecule has 0 saturated carbocycles. The first-order chi connectivity index (χ1) is 10.3. The summed E-state index contributed by atoms with van der Waals surface area (Å²) in [6.07, 6.45) is 8.85. The summed E-state index contributed by atoms with van der Waals surface area (Å²) >= 11 is 0. The first-order valence-electron chi connectivity index (χ1n) is 5.59. The maximum atomic E-state index is 10.3. The van der Waals surface area contributed by atoms with Crippen molar-refractivity contribution in [2.75, 3.05) is 0 Å². The second-order valence-electron chi connectivity index (χ2n) is 3.61. The van der Waals surface area contributed by atoms with Crippen molar-refractivity contribution in [1.29, 1.82) is 0 Å². The van der Waals surface area contributed by atoms with Crippen LogP contribution in [0.2, 0.25) is 0 Å². The average molecular weight is 344 g/mol. The van der Waals surface area contributed by atoms with Gasteiger partial charge in [-0.25, -0.2) is 18.6 Å². The van der Waals surface area contributed by atoms with E-state index in [0.717, 1.165) is 19.3 Å². The zero-order chi connectivity index (χ0) is 17.7. The molecular formula is C16H16FeO5. The molecule has 0 spiro atoms. The third-order valence-corrected chi connectivity index (χ3v) is 2.58. The molecule has 0 atom stereocenters. The summed E-state index contributed by atoms with van der Waals surface area (Å²) in [5.41, 5.74) is 4.05. The molecule has 0 amide bonds. The SMILES string of the molecule is [C-]#[O+].[C-]#[O+].[C-]#[O+].[C-]#[O+].[CH2-]C=C(C)CC1=C(C[C-]=O)CCC1.[Fe+2]. The molecule has 0 unspecified atom stereocenters. The van der Waals surface area contributed by atoms with E-state index in [1.165, 1.54) is 23.1 Å². The zero-order valence-corrected chi connectivity index (χ0v) is 13.3. The topological polar surface area (TPSA) is 96.7 Å². The van der Waals surface area contributed by atoms with Gasteiger partial charge in [0.15, 0.2) is 0 Å². The number of hydrogen-bond acceptors (Lipinski definition) is 1. The van der Waals surface area contributed by atoms with Gasteiger partial charge < -0.3 is 4.79 Å².